The Morgan fingerprint density at radius 1 is 1.14 bits per heavy atom. The van der Waals surface area contributed by atoms with E-state index in [4.69, 9.17) is 14.2 Å². The van der Waals surface area contributed by atoms with E-state index in [-0.39, 0.29) is 18.0 Å². The van der Waals surface area contributed by atoms with Crippen LogP contribution >= 0.6 is 0 Å². The Balaban J connectivity index is 2.20. The van der Waals surface area contributed by atoms with Crippen molar-refractivity contribution >= 4 is 5.97 Å². The molecule has 0 aliphatic rings. The number of hydrogen-bond donors (Lipinski definition) is 0. The van der Waals surface area contributed by atoms with Crippen LogP contribution in [0.25, 0.3) is 0 Å². The average molecular weight is 308 g/mol. The van der Waals surface area contributed by atoms with E-state index < -0.39 is 0 Å². The van der Waals surface area contributed by atoms with Gasteiger partial charge in [0.15, 0.2) is 0 Å². The van der Waals surface area contributed by atoms with Gasteiger partial charge in [-0.1, -0.05) is 25.5 Å². The molecule has 1 aromatic carbocycles. The normalized spacial score (nSPS) is 13.5. The molecule has 1 unspecified atom stereocenters. The third kappa shape index (κ3) is 6.94. The minimum atomic E-state index is -0.102. The molecule has 0 saturated carbocycles. The summed E-state index contributed by atoms with van der Waals surface area (Å²) in [4.78, 5) is 11.5. The molecule has 0 heterocycles. The molecule has 22 heavy (non-hydrogen) atoms. The second-order valence-corrected chi connectivity index (χ2v) is 5.55. The molecule has 0 aliphatic carbocycles. The molecule has 4 heteroatoms. The average Bonchev–Trinajstić information content (AvgIpc) is 2.53. The van der Waals surface area contributed by atoms with Crippen molar-refractivity contribution in [3.63, 3.8) is 0 Å². The van der Waals surface area contributed by atoms with Crippen LogP contribution < -0.4 is 4.74 Å². The van der Waals surface area contributed by atoms with Crippen LogP contribution in [-0.2, 0) is 20.9 Å². The standard InChI is InChI=1S/C18H28O4/c1-5-21-18(19)14(2)7-6-8-15(3)22-13-16-9-11-17(20-4)12-10-16/h9-12,14-15H,5-8,13H2,1-4H3/t14?,15-/m0/s1. The van der Waals surface area contributed by atoms with E-state index >= 15 is 0 Å². The van der Waals surface area contributed by atoms with E-state index in [9.17, 15) is 4.79 Å². The molecular weight excluding hydrogens is 280 g/mol. The van der Waals surface area contributed by atoms with Gasteiger partial charge in [0, 0.05) is 0 Å². The second kappa shape index (κ2) is 10.2. The number of benzene rings is 1. The van der Waals surface area contributed by atoms with Crippen molar-refractivity contribution in [1.82, 2.24) is 0 Å². The zero-order valence-corrected chi connectivity index (χ0v) is 14.1. The molecule has 0 N–H and O–H groups in total. The lowest BCUT2D eigenvalue weighted by molar-refractivity contribution is -0.147. The van der Waals surface area contributed by atoms with Gasteiger partial charge in [-0.25, -0.2) is 0 Å². The van der Waals surface area contributed by atoms with E-state index in [0.717, 1.165) is 30.6 Å². The number of carbonyl (C=O) groups excluding carboxylic acids is 1. The molecule has 0 spiro atoms. The fourth-order valence-corrected chi connectivity index (χ4v) is 2.16. The van der Waals surface area contributed by atoms with Gasteiger partial charge in [0.05, 0.1) is 32.3 Å². The smallest absolute Gasteiger partial charge is 0.308 e. The number of hydrogen-bond acceptors (Lipinski definition) is 4. The zero-order chi connectivity index (χ0) is 16.4. The molecule has 1 aromatic rings. The summed E-state index contributed by atoms with van der Waals surface area (Å²) in [6.07, 6.45) is 2.93. The van der Waals surface area contributed by atoms with Gasteiger partial charge in [-0.05, 0) is 44.4 Å². The number of rotatable bonds is 10. The summed E-state index contributed by atoms with van der Waals surface area (Å²) < 4.78 is 16.0. The Hall–Kier alpha value is -1.55. The minimum absolute atomic E-state index is 0.0336. The lowest BCUT2D eigenvalue weighted by Gasteiger charge is -2.15. The van der Waals surface area contributed by atoms with Crippen LogP contribution in [0.4, 0.5) is 0 Å². The van der Waals surface area contributed by atoms with Gasteiger partial charge in [-0.2, -0.15) is 0 Å². The predicted octanol–water partition coefficient (Wildman–Crippen LogP) is 3.97. The van der Waals surface area contributed by atoms with E-state index in [1.807, 2.05) is 38.1 Å². The Bertz CT molecular complexity index is 427. The van der Waals surface area contributed by atoms with E-state index in [1.54, 1.807) is 7.11 Å². The fraction of sp³-hybridized carbons (Fsp3) is 0.611. The van der Waals surface area contributed by atoms with E-state index in [1.165, 1.54) is 0 Å². The Labute approximate surface area is 133 Å². The van der Waals surface area contributed by atoms with Gasteiger partial charge < -0.3 is 14.2 Å². The van der Waals surface area contributed by atoms with Crippen molar-refractivity contribution < 1.29 is 19.0 Å². The topological polar surface area (TPSA) is 44.8 Å². The summed E-state index contributed by atoms with van der Waals surface area (Å²) in [5.41, 5.74) is 1.13. The van der Waals surface area contributed by atoms with Gasteiger partial charge in [-0.3, -0.25) is 4.79 Å². The highest BCUT2D eigenvalue weighted by Gasteiger charge is 2.14. The Morgan fingerprint density at radius 3 is 2.41 bits per heavy atom. The molecule has 124 valence electrons. The monoisotopic (exact) mass is 308 g/mol. The van der Waals surface area contributed by atoms with Gasteiger partial charge in [0.25, 0.3) is 0 Å². The third-order valence-electron chi connectivity index (χ3n) is 3.63. The molecule has 0 aromatic heterocycles. The van der Waals surface area contributed by atoms with Crippen LogP contribution in [-0.4, -0.2) is 25.8 Å². The van der Waals surface area contributed by atoms with Crippen molar-refractivity contribution in [2.24, 2.45) is 5.92 Å². The molecule has 0 fully saturated rings. The fourth-order valence-electron chi connectivity index (χ4n) is 2.16. The summed E-state index contributed by atoms with van der Waals surface area (Å²) in [7, 11) is 1.66. The lowest BCUT2D eigenvalue weighted by Crippen LogP contribution is -2.15. The summed E-state index contributed by atoms with van der Waals surface area (Å²) in [5, 5.41) is 0. The van der Waals surface area contributed by atoms with Crippen molar-refractivity contribution in [1.29, 1.82) is 0 Å². The number of methoxy groups -OCH3 is 1. The highest BCUT2D eigenvalue weighted by Crippen LogP contribution is 2.15. The van der Waals surface area contributed by atoms with E-state index in [0.29, 0.717) is 13.2 Å². The summed E-state index contributed by atoms with van der Waals surface area (Å²) in [5.74, 6) is 0.716. The maximum atomic E-state index is 11.5. The molecular formula is C18H28O4. The van der Waals surface area contributed by atoms with Crippen molar-refractivity contribution in [2.45, 2.75) is 52.7 Å². The largest absolute Gasteiger partial charge is 0.497 e. The van der Waals surface area contributed by atoms with Crippen LogP contribution in [0.15, 0.2) is 24.3 Å². The van der Waals surface area contributed by atoms with Crippen LogP contribution in [0.5, 0.6) is 5.75 Å². The van der Waals surface area contributed by atoms with Crippen molar-refractivity contribution in [3.05, 3.63) is 29.8 Å². The van der Waals surface area contributed by atoms with Crippen LogP contribution in [0.3, 0.4) is 0 Å². The highest BCUT2D eigenvalue weighted by atomic mass is 16.5. The first-order valence-corrected chi connectivity index (χ1v) is 7.98. The quantitative estimate of drug-likeness (QED) is 0.614. The first kappa shape index (κ1) is 18.5. The maximum absolute atomic E-state index is 11.5. The second-order valence-electron chi connectivity index (χ2n) is 5.55. The third-order valence-corrected chi connectivity index (χ3v) is 3.63. The summed E-state index contributed by atoms with van der Waals surface area (Å²) >= 11 is 0. The molecule has 0 radical (unpaired) electrons. The molecule has 0 aliphatic heterocycles. The number of ether oxygens (including phenoxy) is 3. The summed E-state index contributed by atoms with van der Waals surface area (Å²) in [6, 6.07) is 7.89. The van der Waals surface area contributed by atoms with Gasteiger partial charge >= 0.3 is 5.97 Å². The van der Waals surface area contributed by atoms with Crippen molar-refractivity contribution in [3.8, 4) is 5.75 Å². The zero-order valence-electron chi connectivity index (χ0n) is 14.1. The number of esters is 1. The molecule has 2 atom stereocenters. The maximum Gasteiger partial charge on any atom is 0.308 e. The molecule has 4 nitrogen and oxygen atoms in total. The first-order chi connectivity index (χ1) is 10.6. The van der Waals surface area contributed by atoms with Crippen molar-refractivity contribution in [2.75, 3.05) is 13.7 Å². The van der Waals surface area contributed by atoms with Gasteiger partial charge in [0.1, 0.15) is 5.75 Å². The lowest BCUT2D eigenvalue weighted by atomic mass is 10.0. The van der Waals surface area contributed by atoms with Gasteiger partial charge in [-0.15, -0.1) is 0 Å². The molecule has 0 bridgehead atoms. The van der Waals surface area contributed by atoms with Crippen LogP contribution in [0.1, 0.15) is 45.6 Å². The molecule has 1 rings (SSSR count). The molecule has 0 amide bonds. The van der Waals surface area contributed by atoms with Gasteiger partial charge in [0.2, 0.25) is 0 Å². The van der Waals surface area contributed by atoms with Crippen LogP contribution in [0, 0.1) is 5.92 Å². The highest BCUT2D eigenvalue weighted by molar-refractivity contribution is 5.71. The van der Waals surface area contributed by atoms with Crippen LogP contribution in [0.2, 0.25) is 0 Å². The summed E-state index contributed by atoms with van der Waals surface area (Å²) in [6.45, 7) is 6.86. The predicted molar refractivity (Wildman–Crippen MR) is 86.9 cm³/mol. The first-order valence-electron chi connectivity index (χ1n) is 7.98. The Kier molecular flexibility index (Phi) is 8.60. The Morgan fingerprint density at radius 2 is 1.82 bits per heavy atom. The minimum Gasteiger partial charge on any atom is -0.497 e. The van der Waals surface area contributed by atoms with E-state index in [2.05, 4.69) is 6.92 Å². The SMILES string of the molecule is CCOC(=O)C(C)CCC[C@H](C)OCc1ccc(OC)cc1. The number of carbonyl (C=O) groups is 1. The molecule has 0 saturated heterocycles.